The monoisotopic (exact) mass is 451 g/mol. The number of nitrogens with zero attached hydrogens (tertiary/aromatic N) is 1. The summed E-state index contributed by atoms with van der Waals surface area (Å²) in [4.78, 5) is 24.7. The van der Waals surface area contributed by atoms with Crippen LogP contribution in [0.5, 0.6) is 11.5 Å². The highest BCUT2D eigenvalue weighted by Gasteiger charge is 2.17. The van der Waals surface area contributed by atoms with E-state index >= 15 is 0 Å². The number of benzene rings is 2. The minimum atomic E-state index is -0.652. The molecule has 6 nitrogen and oxygen atoms in total. The number of carbonyl (C=O) groups excluding carboxylic acids is 2. The maximum atomic E-state index is 13.1. The Morgan fingerprint density at radius 3 is 2.52 bits per heavy atom. The summed E-state index contributed by atoms with van der Waals surface area (Å²) in [6, 6.07) is 12.8. The lowest BCUT2D eigenvalue weighted by atomic mass is 10.1. The SMILES string of the molecule is COc1cc(C=CC(=O)OCC(=O)c2cc(C)n(CCc3ccc(F)cc3)c2C)ccc1O. The third kappa shape index (κ3) is 6.10. The van der Waals surface area contributed by atoms with Gasteiger partial charge in [0.05, 0.1) is 7.11 Å². The van der Waals surface area contributed by atoms with E-state index in [0.717, 1.165) is 17.0 Å². The highest BCUT2D eigenvalue weighted by atomic mass is 19.1. The van der Waals surface area contributed by atoms with Crippen LogP contribution in [0.1, 0.15) is 32.9 Å². The minimum absolute atomic E-state index is 0.00177. The molecule has 0 spiro atoms. The summed E-state index contributed by atoms with van der Waals surface area (Å²) >= 11 is 0. The first-order valence-electron chi connectivity index (χ1n) is 10.4. The smallest absolute Gasteiger partial charge is 0.331 e. The van der Waals surface area contributed by atoms with Gasteiger partial charge >= 0.3 is 5.97 Å². The molecule has 0 aliphatic heterocycles. The molecule has 1 aromatic heterocycles. The van der Waals surface area contributed by atoms with E-state index in [4.69, 9.17) is 9.47 Å². The molecule has 33 heavy (non-hydrogen) atoms. The topological polar surface area (TPSA) is 77.8 Å². The normalized spacial score (nSPS) is 11.0. The summed E-state index contributed by atoms with van der Waals surface area (Å²) < 4.78 is 25.2. The van der Waals surface area contributed by atoms with Crippen LogP contribution in [0.3, 0.4) is 0 Å². The van der Waals surface area contributed by atoms with Crippen molar-refractivity contribution in [2.75, 3.05) is 13.7 Å². The number of halogens is 1. The van der Waals surface area contributed by atoms with Crippen LogP contribution in [-0.4, -0.2) is 35.1 Å². The summed E-state index contributed by atoms with van der Waals surface area (Å²) in [5, 5.41) is 9.62. The van der Waals surface area contributed by atoms with E-state index in [9.17, 15) is 19.1 Å². The van der Waals surface area contributed by atoms with Crippen LogP contribution in [0.2, 0.25) is 0 Å². The van der Waals surface area contributed by atoms with Gasteiger partial charge < -0.3 is 19.1 Å². The third-order valence-corrected chi connectivity index (χ3v) is 5.37. The van der Waals surface area contributed by atoms with E-state index in [2.05, 4.69) is 0 Å². The molecule has 0 amide bonds. The van der Waals surface area contributed by atoms with Crippen molar-refractivity contribution >= 4 is 17.8 Å². The van der Waals surface area contributed by atoms with E-state index in [1.54, 1.807) is 30.3 Å². The molecule has 2 aromatic carbocycles. The Balaban J connectivity index is 1.58. The van der Waals surface area contributed by atoms with Gasteiger partial charge in [0, 0.05) is 29.6 Å². The molecule has 7 heteroatoms. The Bertz CT molecular complexity index is 1180. The van der Waals surface area contributed by atoms with Gasteiger partial charge in [-0.2, -0.15) is 0 Å². The molecule has 3 aromatic rings. The minimum Gasteiger partial charge on any atom is -0.504 e. The zero-order valence-electron chi connectivity index (χ0n) is 18.8. The van der Waals surface area contributed by atoms with E-state index < -0.39 is 5.97 Å². The molecular weight excluding hydrogens is 425 g/mol. The number of phenolic OH excluding ortho intramolecular Hbond substituents is 1. The largest absolute Gasteiger partial charge is 0.504 e. The number of ketones is 1. The fraction of sp³-hybridized carbons (Fsp3) is 0.231. The second kappa shape index (κ2) is 10.6. The number of phenols is 1. The van der Waals surface area contributed by atoms with Crippen LogP contribution in [0.4, 0.5) is 4.39 Å². The Morgan fingerprint density at radius 1 is 1.09 bits per heavy atom. The average molecular weight is 451 g/mol. The van der Waals surface area contributed by atoms with Gasteiger partial charge in [-0.05, 0) is 67.8 Å². The Kier molecular flexibility index (Phi) is 7.66. The van der Waals surface area contributed by atoms with Crippen molar-refractivity contribution in [1.82, 2.24) is 4.57 Å². The van der Waals surface area contributed by atoms with Crippen LogP contribution >= 0.6 is 0 Å². The zero-order chi connectivity index (χ0) is 24.0. The highest BCUT2D eigenvalue weighted by Crippen LogP contribution is 2.26. The van der Waals surface area contributed by atoms with Crippen LogP contribution in [-0.2, 0) is 22.5 Å². The molecule has 0 radical (unpaired) electrons. The third-order valence-electron chi connectivity index (χ3n) is 5.37. The fourth-order valence-corrected chi connectivity index (χ4v) is 3.54. The Morgan fingerprint density at radius 2 is 1.82 bits per heavy atom. The van der Waals surface area contributed by atoms with E-state index in [1.807, 2.05) is 18.4 Å². The van der Waals surface area contributed by atoms with E-state index in [0.29, 0.717) is 24.1 Å². The molecule has 0 unspecified atom stereocenters. The van der Waals surface area contributed by atoms with Crippen molar-refractivity contribution in [3.8, 4) is 11.5 Å². The van der Waals surface area contributed by atoms with Crippen molar-refractivity contribution in [3.63, 3.8) is 0 Å². The van der Waals surface area contributed by atoms with Gasteiger partial charge in [-0.15, -0.1) is 0 Å². The van der Waals surface area contributed by atoms with Gasteiger partial charge in [0.15, 0.2) is 18.1 Å². The Hall–Kier alpha value is -3.87. The molecule has 0 saturated heterocycles. The van der Waals surface area contributed by atoms with E-state index in [1.165, 1.54) is 37.5 Å². The van der Waals surface area contributed by atoms with Crippen molar-refractivity contribution in [1.29, 1.82) is 0 Å². The maximum absolute atomic E-state index is 13.1. The van der Waals surface area contributed by atoms with Crippen molar-refractivity contribution in [3.05, 3.63) is 88.5 Å². The van der Waals surface area contributed by atoms with Crippen LogP contribution < -0.4 is 4.74 Å². The van der Waals surface area contributed by atoms with Gasteiger partial charge in [-0.25, -0.2) is 9.18 Å². The van der Waals surface area contributed by atoms with Gasteiger partial charge in [0.2, 0.25) is 5.78 Å². The number of aryl methyl sites for hydroxylation is 2. The van der Waals surface area contributed by atoms with Crippen molar-refractivity contribution in [2.24, 2.45) is 0 Å². The van der Waals surface area contributed by atoms with Gasteiger partial charge in [0.1, 0.15) is 5.82 Å². The molecule has 0 aliphatic carbocycles. The second-order valence-corrected chi connectivity index (χ2v) is 7.61. The highest BCUT2D eigenvalue weighted by molar-refractivity contribution is 6.00. The molecule has 1 heterocycles. The Labute approximate surface area is 191 Å². The molecular formula is C26H26FNO5. The summed E-state index contributed by atoms with van der Waals surface area (Å²) in [6.45, 7) is 4.04. The molecule has 3 rings (SSSR count). The lowest BCUT2D eigenvalue weighted by Gasteiger charge is -2.10. The average Bonchev–Trinajstić information content (AvgIpc) is 3.09. The number of aromatic hydroxyl groups is 1. The fourth-order valence-electron chi connectivity index (χ4n) is 3.54. The molecule has 172 valence electrons. The molecule has 1 N–H and O–H groups in total. The van der Waals surface area contributed by atoms with Gasteiger partial charge in [-0.1, -0.05) is 18.2 Å². The number of carbonyl (C=O) groups is 2. The number of hydrogen-bond acceptors (Lipinski definition) is 5. The molecule has 0 saturated carbocycles. The first-order chi connectivity index (χ1) is 15.8. The van der Waals surface area contributed by atoms with Crippen LogP contribution in [0, 0.1) is 19.7 Å². The summed E-state index contributed by atoms with van der Waals surface area (Å²) in [7, 11) is 1.43. The van der Waals surface area contributed by atoms with Crippen LogP contribution in [0.15, 0.2) is 54.6 Å². The van der Waals surface area contributed by atoms with Crippen LogP contribution in [0.25, 0.3) is 6.08 Å². The number of esters is 1. The molecule has 0 aliphatic rings. The molecule has 0 bridgehead atoms. The second-order valence-electron chi connectivity index (χ2n) is 7.61. The molecule has 0 atom stereocenters. The number of ether oxygens (including phenoxy) is 2. The lowest BCUT2D eigenvalue weighted by molar-refractivity contribution is -0.136. The predicted molar refractivity (Wildman–Crippen MR) is 123 cm³/mol. The summed E-state index contributed by atoms with van der Waals surface area (Å²) in [6.07, 6.45) is 3.42. The predicted octanol–water partition coefficient (Wildman–Crippen LogP) is 4.64. The standard InChI is InChI=1S/C26H26FNO5/c1-17-14-22(18(2)28(17)13-12-19-4-8-21(27)9-5-19)24(30)16-33-26(31)11-7-20-6-10-23(29)25(15-20)32-3/h4-11,14-15,29H,12-13,16H2,1-3H3. The first-order valence-corrected chi connectivity index (χ1v) is 10.4. The number of hydrogen-bond donors (Lipinski definition) is 1. The summed E-state index contributed by atoms with van der Waals surface area (Å²) in [5.41, 5.74) is 3.86. The summed E-state index contributed by atoms with van der Waals surface area (Å²) in [5.74, 6) is -0.926. The lowest BCUT2D eigenvalue weighted by Crippen LogP contribution is -2.14. The maximum Gasteiger partial charge on any atom is 0.331 e. The number of methoxy groups -OCH3 is 1. The first kappa shape index (κ1) is 23.8. The van der Waals surface area contributed by atoms with Gasteiger partial charge in [-0.3, -0.25) is 4.79 Å². The number of rotatable bonds is 9. The molecule has 0 fully saturated rings. The zero-order valence-corrected chi connectivity index (χ0v) is 18.8. The number of aromatic nitrogens is 1. The number of Topliss-reactive ketones (excluding diaryl/α,β-unsaturated/α-hetero) is 1. The van der Waals surface area contributed by atoms with Gasteiger partial charge in [0.25, 0.3) is 0 Å². The van der Waals surface area contributed by atoms with E-state index in [-0.39, 0.29) is 29.7 Å². The quantitative estimate of drug-likeness (QED) is 0.291. The van der Waals surface area contributed by atoms with Crippen molar-refractivity contribution in [2.45, 2.75) is 26.8 Å². The van der Waals surface area contributed by atoms with Crippen molar-refractivity contribution < 1.29 is 28.6 Å².